The molecule has 1 heterocycles. The molecular weight excluding hydrogens is 417 g/mol. The van der Waals surface area contributed by atoms with Gasteiger partial charge in [0.1, 0.15) is 0 Å². The van der Waals surface area contributed by atoms with Crippen LogP contribution in [0.15, 0.2) is 36.4 Å². The van der Waals surface area contributed by atoms with Crippen molar-refractivity contribution in [1.82, 2.24) is 0 Å². The molecule has 0 saturated heterocycles. The van der Waals surface area contributed by atoms with Crippen molar-refractivity contribution in [1.29, 1.82) is 0 Å². The van der Waals surface area contributed by atoms with E-state index in [9.17, 15) is 26.4 Å². The molecule has 0 fully saturated rings. The number of halogens is 4. The van der Waals surface area contributed by atoms with E-state index in [0.717, 1.165) is 24.5 Å². The second kappa shape index (κ2) is 6.97. The molecule has 5 nitrogen and oxygen atoms in total. The number of alkyl halides is 3. The molecule has 1 aliphatic heterocycles. The van der Waals surface area contributed by atoms with Crippen LogP contribution < -0.4 is 9.62 Å². The summed E-state index contributed by atoms with van der Waals surface area (Å²) in [6.45, 7) is 1.75. The maximum atomic E-state index is 12.9. The van der Waals surface area contributed by atoms with Crippen molar-refractivity contribution in [2.75, 3.05) is 15.9 Å². The van der Waals surface area contributed by atoms with E-state index in [1.807, 2.05) is 0 Å². The summed E-state index contributed by atoms with van der Waals surface area (Å²) in [5.41, 5.74) is 0.256. The lowest BCUT2D eigenvalue weighted by Crippen LogP contribution is -2.34. The quantitative estimate of drug-likeness (QED) is 0.785. The van der Waals surface area contributed by atoms with Gasteiger partial charge in [-0.05, 0) is 55.3 Å². The maximum Gasteiger partial charge on any atom is 0.416 e. The fourth-order valence-corrected chi connectivity index (χ4v) is 4.67. The molecule has 28 heavy (non-hydrogen) atoms. The molecule has 2 aromatic carbocycles. The number of carbonyl (C=O) groups is 1. The number of nitrogens with one attached hydrogen (secondary N) is 1. The molecule has 0 radical (unpaired) electrons. The Labute approximate surface area is 165 Å². The fourth-order valence-electron chi connectivity index (χ4n) is 3.24. The van der Waals surface area contributed by atoms with E-state index in [-0.39, 0.29) is 22.3 Å². The lowest BCUT2D eigenvalue weighted by atomic mass is 10.1. The molecule has 3 rings (SSSR count). The van der Waals surface area contributed by atoms with Gasteiger partial charge in [-0.15, -0.1) is 0 Å². The van der Waals surface area contributed by atoms with Gasteiger partial charge in [0.2, 0.25) is 10.0 Å². The number of nitrogens with zero attached hydrogens (tertiary/aromatic N) is 1. The molecule has 10 heteroatoms. The average molecular weight is 433 g/mol. The lowest BCUT2D eigenvalue weighted by Gasteiger charge is -2.21. The van der Waals surface area contributed by atoms with Crippen LogP contribution in [0, 0.1) is 0 Å². The molecular formula is C18H16ClF3N2O3S. The molecule has 1 atom stereocenters. The van der Waals surface area contributed by atoms with Crippen molar-refractivity contribution in [3.8, 4) is 0 Å². The zero-order chi connectivity index (χ0) is 20.9. The van der Waals surface area contributed by atoms with Crippen molar-refractivity contribution in [2.45, 2.75) is 25.6 Å². The second-order valence-corrected chi connectivity index (χ2v) is 8.87. The van der Waals surface area contributed by atoms with E-state index in [4.69, 9.17) is 11.6 Å². The van der Waals surface area contributed by atoms with Crippen molar-refractivity contribution < 1.29 is 26.4 Å². The van der Waals surface area contributed by atoms with Crippen LogP contribution in [0.25, 0.3) is 0 Å². The molecule has 2 aromatic rings. The van der Waals surface area contributed by atoms with E-state index in [1.165, 1.54) is 22.5 Å². The summed E-state index contributed by atoms with van der Waals surface area (Å²) in [6, 6.07) is 6.84. The minimum atomic E-state index is -4.57. The van der Waals surface area contributed by atoms with Crippen LogP contribution in [0.5, 0.6) is 0 Å². The lowest BCUT2D eigenvalue weighted by molar-refractivity contribution is -0.137. The molecule has 1 N–H and O–H groups in total. The molecule has 0 saturated carbocycles. The molecule has 150 valence electrons. The number of sulfonamides is 1. The van der Waals surface area contributed by atoms with E-state index < -0.39 is 27.7 Å². The summed E-state index contributed by atoms with van der Waals surface area (Å²) in [6.07, 6.45) is -3.04. The van der Waals surface area contributed by atoms with Crippen LogP contribution in [0.3, 0.4) is 0 Å². The van der Waals surface area contributed by atoms with E-state index in [0.29, 0.717) is 17.7 Å². The van der Waals surface area contributed by atoms with Gasteiger partial charge >= 0.3 is 6.18 Å². The van der Waals surface area contributed by atoms with Gasteiger partial charge in [-0.25, -0.2) is 8.42 Å². The highest BCUT2D eigenvalue weighted by Crippen LogP contribution is 2.36. The van der Waals surface area contributed by atoms with Crippen molar-refractivity contribution in [3.05, 3.63) is 58.1 Å². The monoisotopic (exact) mass is 432 g/mol. The highest BCUT2D eigenvalue weighted by molar-refractivity contribution is 7.92. The average Bonchev–Trinajstić information content (AvgIpc) is 2.90. The summed E-state index contributed by atoms with van der Waals surface area (Å²) in [5.74, 6) is -0.644. The van der Waals surface area contributed by atoms with Crippen LogP contribution >= 0.6 is 11.6 Å². The van der Waals surface area contributed by atoms with Crippen LogP contribution in [0.4, 0.5) is 24.5 Å². The van der Waals surface area contributed by atoms with Crippen molar-refractivity contribution >= 4 is 38.9 Å². The number of carbonyl (C=O) groups excluding carboxylic acids is 1. The number of fused-ring (bicyclic) bond motifs is 1. The number of hydrogen-bond donors (Lipinski definition) is 1. The highest BCUT2D eigenvalue weighted by atomic mass is 35.5. The number of hydrogen-bond acceptors (Lipinski definition) is 3. The SMILES string of the molecule is C[C@@H]1Cc2cc(C(=O)Nc3cc(C(F)(F)F)ccc3Cl)ccc2N1S(C)(=O)=O. The Morgan fingerprint density at radius 1 is 1.21 bits per heavy atom. The fraction of sp³-hybridized carbons (Fsp3) is 0.278. The minimum Gasteiger partial charge on any atom is -0.321 e. The third kappa shape index (κ3) is 3.95. The highest BCUT2D eigenvalue weighted by Gasteiger charge is 2.33. The summed E-state index contributed by atoms with van der Waals surface area (Å²) in [4.78, 5) is 12.5. The Morgan fingerprint density at radius 3 is 2.50 bits per heavy atom. The smallest absolute Gasteiger partial charge is 0.321 e. The predicted octanol–water partition coefficient (Wildman–Crippen LogP) is 4.32. The van der Waals surface area contributed by atoms with E-state index in [1.54, 1.807) is 6.92 Å². The number of rotatable bonds is 3. The first-order valence-corrected chi connectivity index (χ1v) is 10.4. The maximum absolute atomic E-state index is 12.9. The number of anilines is 2. The molecule has 0 spiro atoms. The summed E-state index contributed by atoms with van der Waals surface area (Å²) >= 11 is 5.90. The van der Waals surface area contributed by atoms with Gasteiger partial charge in [-0.2, -0.15) is 13.2 Å². The zero-order valence-electron chi connectivity index (χ0n) is 14.8. The first kappa shape index (κ1) is 20.5. The van der Waals surface area contributed by atoms with Crippen LogP contribution in [-0.4, -0.2) is 26.6 Å². The van der Waals surface area contributed by atoms with Crippen molar-refractivity contribution in [3.63, 3.8) is 0 Å². The molecule has 1 amide bonds. The zero-order valence-corrected chi connectivity index (χ0v) is 16.4. The summed E-state index contributed by atoms with van der Waals surface area (Å²) < 4.78 is 63.8. The predicted molar refractivity (Wildman–Crippen MR) is 101 cm³/mol. The normalized spacial score (nSPS) is 16.8. The number of benzene rings is 2. The molecule has 0 unspecified atom stereocenters. The first-order chi connectivity index (χ1) is 12.9. The standard InChI is InChI=1S/C18H16ClF3N2O3S/c1-10-7-12-8-11(3-6-16(12)24(10)28(2,26)27)17(25)23-15-9-13(18(20,21)22)4-5-14(15)19/h3-6,8-10H,7H2,1-2H3,(H,23,25)/t10-/m1/s1. The third-order valence-corrected chi connectivity index (χ3v) is 5.99. The van der Waals surface area contributed by atoms with Crippen LogP contribution in [0.1, 0.15) is 28.4 Å². The van der Waals surface area contributed by atoms with Crippen LogP contribution in [-0.2, 0) is 22.6 Å². The van der Waals surface area contributed by atoms with Gasteiger partial charge in [0.25, 0.3) is 5.91 Å². The third-order valence-electron chi connectivity index (χ3n) is 4.39. The largest absolute Gasteiger partial charge is 0.416 e. The Kier molecular flexibility index (Phi) is 5.09. The van der Waals surface area contributed by atoms with Gasteiger partial charge in [-0.3, -0.25) is 9.10 Å². The minimum absolute atomic E-state index is 0.0283. The van der Waals surface area contributed by atoms with Gasteiger partial charge in [-0.1, -0.05) is 11.6 Å². The first-order valence-electron chi connectivity index (χ1n) is 8.18. The number of amides is 1. The van der Waals surface area contributed by atoms with Crippen molar-refractivity contribution in [2.24, 2.45) is 0 Å². The van der Waals surface area contributed by atoms with Crippen LogP contribution in [0.2, 0.25) is 5.02 Å². The molecule has 0 bridgehead atoms. The molecule has 0 aromatic heterocycles. The summed E-state index contributed by atoms with van der Waals surface area (Å²) in [7, 11) is -3.46. The summed E-state index contributed by atoms with van der Waals surface area (Å²) in [5, 5.41) is 2.35. The van der Waals surface area contributed by atoms with Gasteiger partial charge in [0.05, 0.1) is 28.2 Å². The molecule has 0 aliphatic carbocycles. The van der Waals surface area contributed by atoms with Gasteiger partial charge in [0, 0.05) is 11.6 Å². The van der Waals surface area contributed by atoms with Gasteiger partial charge < -0.3 is 5.32 Å². The Balaban J connectivity index is 1.89. The Morgan fingerprint density at radius 2 is 1.89 bits per heavy atom. The van der Waals surface area contributed by atoms with Gasteiger partial charge in [0.15, 0.2) is 0 Å². The molecule has 1 aliphatic rings. The Bertz CT molecular complexity index is 1050. The Hall–Kier alpha value is -2.26. The van der Waals surface area contributed by atoms with E-state index in [2.05, 4.69) is 5.32 Å². The van der Waals surface area contributed by atoms with E-state index >= 15 is 0 Å². The second-order valence-electron chi connectivity index (χ2n) is 6.60. The topological polar surface area (TPSA) is 66.5 Å².